The van der Waals surface area contributed by atoms with E-state index in [-0.39, 0.29) is 23.8 Å². The van der Waals surface area contributed by atoms with E-state index in [1.54, 1.807) is 52.8 Å². The first-order valence-corrected chi connectivity index (χ1v) is 20.9. The molecule has 0 saturated carbocycles. The predicted molar refractivity (Wildman–Crippen MR) is 236 cm³/mol. The molecule has 3 N–H and O–H groups in total. The smallest absolute Gasteiger partial charge is 0.410 e. The molecule has 59 heavy (non-hydrogen) atoms. The second-order valence-corrected chi connectivity index (χ2v) is 20.0. The van der Waals surface area contributed by atoms with Gasteiger partial charge in [0.2, 0.25) is 17.7 Å². The van der Waals surface area contributed by atoms with Crippen LogP contribution in [-0.4, -0.2) is 100 Å². The first-order valence-electron chi connectivity index (χ1n) is 20.9. The molecule has 1 heterocycles. The van der Waals surface area contributed by atoms with Crippen molar-refractivity contribution in [2.24, 2.45) is 18.4 Å². The van der Waals surface area contributed by atoms with Gasteiger partial charge in [0, 0.05) is 61.8 Å². The summed E-state index contributed by atoms with van der Waals surface area (Å²) < 4.78 is 13.1. The van der Waals surface area contributed by atoms with Crippen LogP contribution < -0.4 is 16.0 Å². The molecule has 0 saturated heterocycles. The summed E-state index contributed by atoms with van der Waals surface area (Å²) in [6.07, 6.45) is 4.92. The number of carbonyl (C=O) groups is 5. The molecule has 0 bridgehead atoms. The second kappa shape index (κ2) is 20.1. The number of likely N-dealkylation sites (N-methyl/N-ethyl adjacent to an activating group) is 2. The number of fused-ring (bicyclic) bond motifs is 1. The molecule has 2 aromatic rings. The Morgan fingerprint density at radius 1 is 0.814 bits per heavy atom. The number of rotatable bonds is 16. The van der Waals surface area contributed by atoms with E-state index in [0.29, 0.717) is 12.1 Å². The molecule has 0 aliphatic carbocycles. The van der Waals surface area contributed by atoms with Crippen molar-refractivity contribution in [2.45, 2.75) is 164 Å². The highest BCUT2D eigenvalue weighted by Gasteiger charge is 2.47. The molecule has 1 aromatic carbocycles. The minimum Gasteiger partial charge on any atom is -0.444 e. The number of unbranched alkanes of at least 4 members (excludes halogenated alkanes) is 1. The molecule has 5 amide bonds. The van der Waals surface area contributed by atoms with Crippen molar-refractivity contribution < 1.29 is 33.4 Å². The number of carbonyl (C=O) groups excluding carboxylic acids is 5. The number of nitrogens with one attached hydrogen (secondary N) is 3. The number of nitrogens with zero attached hydrogens (tertiary/aromatic N) is 3. The summed E-state index contributed by atoms with van der Waals surface area (Å²) in [5, 5.41) is 9.86. The molecule has 0 aliphatic rings. The summed E-state index contributed by atoms with van der Waals surface area (Å²) in [6.45, 7) is 28.4. The molecule has 0 fully saturated rings. The van der Waals surface area contributed by atoms with Gasteiger partial charge in [-0.1, -0.05) is 72.7 Å². The van der Waals surface area contributed by atoms with E-state index < -0.39 is 58.3 Å². The topological polar surface area (TPSA) is 151 Å². The van der Waals surface area contributed by atoms with E-state index in [0.717, 1.165) is 35.7 Å². The average molecular weight is 825 g/mol. The Bertz CT molecular complexity index is 1810. The predicted octanol–water partition coefficient (Wildman–Crippen LogP) is 7.85. The molecule has 1 aromatic heterocycles. The summed E-state index contributed by atoms with van der Waals surface area (Å²) in [6, 6.07) is 5.30. The van der Waals surface area contributed by atoms with E-state index in [1.165, 1.54) is 4.90 Å². The normalized spacial score (nSPS) is 14.9. The highest BCUT2D eigenvalue weighted by molar-refractivity contribution is 5.95. The Kier molecular flexibility index (Phi) is 17.3. The number of ether oxygens (including phenoxy) is 2. The van der Waals surface area contributed by atoms with Crippen LogP contribution in [-0.2, 0) is 36.3 Å². The second-order valence-electron chi connectivity index (χ2n) is 20.0. The van der Waals surface area contributed by atoms with Crippen LogP contribution >= 0.6 is 0 Å². The Morgan fingerprint density at radius 2 is 1.39 bits per heavy atom. The maximum absolute atomic E-state index is 14.8. The fraction of sp³-hybridized carbons (Fsp3) is 0.674. The van der Waals surface area contributed by atoms with Gasteiger partial charge in [-0.05, 0) is 97.6 Å². The molecule has 2 rings (SSSR count). The van der Waals surface area contributed by atoms with Crippen LogP contribution in [0.5, 0.6) is 0 Å². The summed E-state index contributed by atoms with van der Waals surface area (Å²) in [4.78, 5) is 71.3. The Labute approximate surface area is 354 Å². The van der Waals surface area contributed by atoms with Gasteiger partial charge in [0.05, 0.1) is 6.04 Å². The van der Waals surface area contributed by atoms with Gasteiger partial charge in [0.1, 0.15) is 23.3 Å². The molecule has 0 radical (unpaired) electrons. The number of benzene rings is 1. The van der Waals surface area contributed by atoms with Gasteiger partial charge in [0.25, 0.3) is 0 Å². The van der Waals surface area contributed by atoms with Crippen LogP contribution in [0, 0.1) is 11.3 Å². The van der Waals surface area contributed by atoms with Crippen molar-refractivity contribution in [1.29, 1.82) is 0 Å². The minimum atomic E-state index is -1.08. The Morgan fingerprint density at radius 3 is 1.93 bits per heavy atom. The SMILES string of the molecule is C/C(=C\[C@H](C(C)C)N(C)C(=O)[C@@H](NC(=O)[C@@H](N(C)C(=O)OC(C)(C)C)C(C)(C)c1cn(C)c2ccccc12)C(C)(C)C)C(=O)NCCCC[C@H](C)NC(=O)OC(C)(C)C. The number of aryl methyl sites for hydroxylation is 1. The third-order valence-electron chi connectivity index (χ3n) is 10.4. The number of para-hydroxylation sites is 1. The van der Waals surface area contributed by atoms with Gasteiger partial charge in [-0.15, -0.1) is 0 Å². The molecule has 0 unspecified atom stereocenters. The molecule has 0 aliphatic heterocycles. The van der Waals surface area contributed by atoms with Gasteiger partial charge in [-0.25, -0.2) is 9.59 Å². The summed E-state index contributed by atoms with van der Waals surface area (Å²) in [7, 11) is 5.20. The average Bonchev–Trinajstić information content (AvgIpc) is 3.43. The lowest BCUT2D eigenvalue weighted by atomic mass is 9.76. The maximum Gasteiger partial charge on any atom is 0.410 e. The zero-order chi connectivity index (χ0) is 45.4. The van der Waals surface area contributed by atoms with Crippen molar-refractivity contribution >= 4 is 40.8 Å². The van der Waals surface area contributed by atoms with E-state index in [4.69, 9.17) is 9.47 Å². The summed E-state index contributed by atoms with van der Waals surface area (Å²) >= 11 is 0. The van der Waals surface area contributed by atoms with Crippen molar-refractivity contribution in [3.05, 3.63) is 47.7 Å². The third-order valence-corrected chi connectivity index (χ3v) is 10.4. The molecular formula is C46H76N6O7. The first kappa shape index (κ1) is 50.6. The fourth-order valence-electron chi connectivity index (χ4n) is 7.23. The molecule has 13 heteroatoms. The van der Waals surface area contributed by atoms with Gasteiger partial charge in [0.15, 0.2) is 0 Å². The van der Waals surface area contributed by atoms with Crippen molar-refractivity contribution in [3.8, 4) is 0 Å². The quantitative estimate of drug-likeness (QED) is 0.115. The maximum atomic E-state index is 14.8. The highest BCUT2D eigenvalue weighted by atomic mass is 16.6. The third kappa shape index (κ3) is 14.6. The first-order chi connectivity index (χ1) is 26.9. The molecule has 332 valence electrons. The standard InChI is InChI=1S/C46H76N6O7/c1-29(2)35(27-30(3)38(53)47-26-22-21-23-31(4)48-41(56)58-44(8,9)10)51(17)40(55)36(43(5,6)7)49-39(54)37(52(18)42(57)59-45(11,12)13)46(14,15)33-28-50(16)34-25-20-19-24-32(33)34/h19-20,24-25,27-29,31,35-37H,21-23,26H2,1-18H3,(H,47,53)(H,48,56)(H,49,54)/b30-27+/t31-,35+,36+,37+/m0/s1. The molecule has 0 spiro atoms. The molecule has 13 nitrogen and oxygen atoms in total. The van der Waals surface area contributed by atoms with Crippen molar-refractivity contribution in [1.82, 2.24) is 30.3 Å². The highest BCUT2D eigenvalue weighted by Crippen LogP contribution is 2.37. The number of hydrogen-bond donors (Lipinski definition) is 3. The van der Waals surface area contributed by atoms with E-state index in [1.807, 2.05) is 118 Å². The lowest BCUT2D eigenvalue weighted by Crippen LogP contribution is -2.63. The van der Waals surface area contributed by atoms with E-state index in [2.05, 4.69) is 16.0 Å². The summed E-state index contributed by atoms with van der Waals surface area (Å²) in [5.74, 6) is -1.14. The van der Waals surface area contributed by atoms with Crippen LogP contribution in [0.25, 0.3) is 10.9 Å². The number of aromatic nitrogens is 1. The van der Waals surface area contributed by atoms with Crippen LogP contribution in [0.3, 0.4) is 0 Å². The summed E-state index contributed by atoms with van der Waals surface area (Å²) in [5.41, 5.74) is -0.746. The van der Waals surface area contributed by atoms with E-state index >= 15 is 0 Å². The van der Waals surface area contributed by atoms with Crippen LogP contribution in [0.1, 0.15) is 129 Å². The molecule has 4 atom stereocenters. The molecular weight excluding hydrogens is 749 g/mol. The lowest BCUT2D eigenvalue weighted by molar-refractivity contribution is -0.141. The Balaban J connectivity index is 2.33. The van der Waals surface area contributed by atoms with Crippen LogP contribution in [0.15, 0.2) is 42.1 Å². The minimum absolute atomic E-state index is 0.0710. The zero-order valence-electron chi connectivity index (χ0n) is 39.4. The monoisotopic (exact) mass is 825 g/mol. The van der Waals surface area contributed by atoms with Crippen LogP contribution in [0.2, 0.25) is 0 Å². The zero-order valence-corrected chi connectivity index (χ0v) is 39.4. The van der Waals surface area contributed by atoms with Gasteiger partial charge in [-0.2, -0.15) is 0 Å². The Hall–Kier alpha value is -4.55. The van der Waals surface area contributed by atoms with Crippen molar-refractivity contribution in [3.63, 3.8) is 0 Å². The van der Waals surface area contributed by atoms with Crippen molar-refractivity contribution in [2.75, 3.05) is 20.6 Å². The fourth-order valence-corrected chi connectivity index (χ4v) is 7.23. The number of amides is 5. The largest absolute Gasteiger partial charge is 0.444 e. The lowest BCUT2D eigenvalue weighted by Gasteiger charge is -2.42. The van der Waals surface area contributed by atoms with Crippen LogP contribution in [0.4, 0.5) is 9.59 Å². The number of hydrogen-bond acceptors (Lipinski definition) is 7. The van der Waals surface area contributed by atoms with Gasteiger partial charge >= 0.3 is 12.2 Å². The van der Waals surface area contributed by atoms with E-state index in [9.17, 15) is 24.0 Å². The van der Waals surface area contributed by atoms with Gasteiger partial charge < -0.3 is 34.9 Å². The van der Waals surface area contributed by atoms with Gasteiger partial charge in [-0.3, -0.25) is 19.3 Å². The number of alkyl carbamates (subject to hydrolysis) is 1.